The van der Waals surface area contributed by atoms with Crippen molar-refractivity contribution in [3.8, 4) is 11.3 Å². The van der Waals surface area contributed by atoms with Crippen molar-refractivity contribution in [2.75, 3.05) is 26.2 Å². The number of aryl methyl sites for hydroxylation is 1. The van der Waals surface area contributed by atoms with Gasteiger partial charge in [-0.15, -0.1) is 0 Å². The number of sulfonamides is 1. The lowest BCUT2D eigenvalue weighted by molar-refractivity contribution is 0.290. The van der Waals surface area contributed by atoms with Gasteiger partial charge in [-0.3, -0.25) is 0 Å². The quantitative estimate of drug-likeness (QED) is 0.854. The predicted molar refractivity (Wildman–Crippen MR) is 96.8 cm³/mol. The van der Waals surface area contributed by atoms with Gasteiger partial charge in [-0.25, -0.2) is 18.1 Å². The highest BCUT2D eigenvalue weighted by atomic mass is 32.2. The van der Waals surface area contributed by atoms with Crippen molar-refractivity contribution in [1.29, 1.82) is 0 Å². The van der Waals surface area contributed by atoms with Gasteiger partial charge in [0.15, 0.2) is 5.89 Å². The highest BCUT2D eigenvalue weighted by Gasteiger charge is 2.15. The second kappa shape index (κ2) is 8.12. The Morgan fingerprint density at radius 3 is 2.40 bits per heavy atom. The minimum Gasteiger partial charge on any atom is -0.449 e. The molecule has 1 fully saturated rings. The molecule has 1 N–H and O–H groups in total. The van der Waals surface area contributed by atoms with E-state index in [0.717, 1.165) is 25.2 Å². The third-order valence-corrected chi connectivity index (χ3v) is 5.98. The number of aromatic nitrogens is 1. The maximum Gasteiger partial charge on any atom is 0.240 e. The van der Waals surface area contributed by atoms with Gasteiger partial charge < -0.3 is 9.32 Å². The van der Waals surface area contributed by atoms with E-state index in [9.17, 15) is 8.42 Å². The van der Waals surface area contributed by atoms with Gasteiger partial charge in [0.1, 0.15) is 12.0 Å². The van der Waals surface area contributed by atoms with E-state index in [4.69, 9.17) is 4.42 Å². The number of likely N-dealkylation sites (tertiary alicyclic amines) is 1. The zero-order valence-corrected chi connectivity index (χ0v) is 15.4. The average Bonchev–Trinajstić information content (AvgIpc) is 2.87. The number of benzene rings is 1. The molecule has 1 saturated heterocycles. The third-order valence-electron chi connectivity index (χ3n) is 4.50. The molecule has 0 bridgehead atoms. The van der Waals surface area contributed by atoms with Gasteiger partial charge in [0, 0.05) is 25.6 Å². The summed E-state index contributed by atoms with van der Waals surface area (Å²) in [6.45, 7) is 5.10. The minimum absolute atomic E-state index is 0.271. The van der Waals surface area contributed by atoms with Crippen LogP contribution in [0.5, 0.6) is 0 Å². The predicted octanol–water partition coefficient (Wildman–Crippen LogP) is 2.80. The summed E-state index contributed by atoms with van der Waals surface area (Å²) < 4.78 is 32.8. The number of nitrogens with zero attached hydrogens (tertiary/aromatic N) is 2. The second-order valence-electron chi connectivity index (χ2n) is 6.43. The van der Waals surface area contributed by atoms with E-state index in [0.29, 0.717) is 18.1 Å². The molecule has 2 aromatic rings. The fourth-order valence-corrected chi connectivity index (χ4v) is 4.10. The summed E-state index contributed by atoms with van der Waals surface area (Å²) in [5, 5.41) is 0. The van der Waals surface area contributed by atoms with Crippen LogP contribution in [0, 0.1) is 6.92 Å². The summed E-state index contributed by atoms with van der Waals surface area (Å²) in [5.41, 5.74) is 1.54. The van der Waals surface area contributed by atoms with Crippen LogP contribution in [-0.4, -0.2) is 44.5 Å². The number of hydrogen-bond donors (Lipinski definition) is 1. The number of nitrogens with one attached hydrogen (secondary N) is 1. The molecule has 6 nitrogen and oxygen atoms in total. The molecule has 136 valence electrons. The van der Waals surface area contributed by atoms with E-state index >= 15 is 0 Å². The third kappa shape index (κ3) is 4.90. The Kier molecular flexibility index (Phi) is 5.88. The molecule has 1 aromatic carbocycles. The molecule has 3 rings (SSSR count). The number of hydrogen-bond acceptors (Lipinski definition) is 5. The van der Waals surface area contributed by atoms with Crippen molar-refractivity contribution in [2.45, 2.75) is 37.5 Å². The van der Waals surface area contributed by atoms with Crippen molar-refractivity contribution in [1.82, 2.24) is 14.6 Å². The fraction of sp³-hybridized carbons (Fsp3) is 0.500. The monoisotopic (exact) mass is 363 g/mol. The Hall–Kier alpha value is -1.70. The summed E-state index contributed by atoms with van der Waals surface area (Å²) in [5.74, 6) is 0.585. The van der Waals surface area contributed by atoms with Crippen molar-refractivity contribution in [3.63, 3.8) is 0 Å². The molecule has 0 spiro atoms. The summed E-state index contributed by atoms with van der Waals surface area (Å²) >= 11 is 0. The molecule has 7 heteroatoms. The summed E-state index contributed by atoms with van der Waals surface area (Å²) in [7, 11) is -3.48. The minimum atomic E-state index is -3.48. The highest BCUT2D eigenvalue weighted by Crippen LogP contribution is 2.20. The van der Waals surface area contributed by atoms with E-state index in [2.05, 4.69) is 14.6 Å². The van der Waals surface area contributed by atoms with Crippen LogP contribution in [0.1, 0.15) is 31.6 Å². The van der Waals surface area contributed by atoms with Crippen LogP contribution in [0.15, 0.2) is 39.8 Å². The Bertz CT molecular complexity index is 776. The van der Waals surface area contributed by atoms with Crippen LogP contribution in [-0.2, 0) is 10.0 Å². The lowest BCUT2D eigenvalue weighted by atomic mass is 10.2. The average molecular weight is 363 g/mol. The first-order valence-electron chi connectivity index (χ1n) is 8.79. The molecule has 0 saturated carbocycles. The van der Waals surface area contributed by atoms with Crippen molar-refractivity contribution in [2.24, 2.45) is 0 Å². The van der Waals surface area contributed by atoms with Gasteiger partial charge in [0.2, 0.25) is 10.0 Å². The molecule has 0 aliphatic carbocycles. The summed E-state index contributed by atoms with van der Waals surface area (Å²) in [6, 6.07) is 6.71. The maximum atomic E-state index is 12.4. The van der Waals surface area contributed by atoms with Crippen LogP contribution < -0.4 is 4.72 Å². The van der Waals surface area contributed by atoms with Gasteiger partial charge in [0.25, 0.3) is 0 Å². The normalized spacial score (nSPS) is 16.7. The molecule has 0 amide bonds. The van der Waals surface area contributed by atoms with E-state index in [-0.39, 0.29) is 4.90 Å². The Labute approximate surface area is 149 Å². The molecular formula is C18H25N3O3S. The number of rotatable bonds is 6. The Balaban J connectivity index is 1.58. The van der Waals surface area contributed by atoms with Gasteiger partial charge in [-0.05, 0) is 38.1 Å². The SMILES string of the molecule is Cc1nc(-c2ccc(S(=O)(=O)NCCN3CCCCCC3)cc2)co1. The highest BCUT2D eigenvalue weighted by molar-refractivity contribution is 7.89. The summed E-state index contributed by atoms with van der Waals surface area (Å²) in [6.07, 6.45) is 6.53. The molecule has 1 aliphatic rings. The van der Waals surface area contributed by atoms with Crippen LogP contribution in [0.2, 0.25) is 0 Å². The Morgan fingerprint density at radius 2 is 1.80 bits per heavy atom. The lowest BCUT2D eigenvalue weighted by Gasteiger charge is -2.19. The zero-order chi connectivity index (χ0) is 17.7. The van der Waals surface area contributed by atoms with Crippen molar-refractivity contribution in [3.05, 3.63) is 36.4 Å². The van der Waals surface area contributed by atoms with Crippen LogP contribution >= 0.6 is 0 Å². The molecule has 1 aliphatic heterocycles. The van der Waals surface area contributed by atoms with E-state index in [1.54, 1.807) is 37.5 Å². The van der Waals surface area contributed by atoms with Gasteiger partial charge in [-0.2, -0.15) is 0 Å². The van der Waals surface area contributed by atoms with Gasteiger partial charge in [0.05, 0.1) is 4.90 Å². The second-order valence-corrected chi connectivity index (χ2v) is 8.20. The lowest BCUT2D eigenvalue weighted by Crippen LogP contribution is -2.35. The molecular weight excluding hydrogens is 338 g/mol. The molecule has 25 heavy (non-hydrogen) atoms. The van der Waals surface area contributed by atoms with Gasteiger partial charge >= 0.3 is 0 Å². The fourth-order valence-electron chi connectivity index (χ4n) is 3.08. The first-order valence-corrected chi connectivity index (χ1v) is 10.3. The summed E-state index contributed by atoms with van der Waals surface area (Å²) in [4.78, 5) is 6.85. The Morgan fingerprint density at radius 1 is 1.12 bits per heavy atom. The maximum absolute atomic E-state index is 12.4. The first kappa shape index (κ1) is 18.1. The van der Waals surface area contributed by atoms with Gasteiger partial charge in [-0.1, -0.05) is 25.0 Å². The smallest absolute Gasteiger partial charge is 0.240 e. The van der Waals surface area contributed by atoms with Crippen molar-refractivity contribution < 1.29 is 12.8 Å². The largest absolute Gasteiger partial charge is 0.449 e. The molecule has 2 heterocycles. The van der Waals surface area contributed by atoms with Crippen molar-refractivity contribution >= 4 is 10.0 Å². The topological polar surface area (TPSA) is 75.4 Å². The zero-order valence-electron chi connectivity index (χ0n) is 14.6. The van der Waals surface area contributed by atoms with E-state index in [1.807, 2.05) is 0 Å². The molecule has 0 unspecified atom stereocenters. The first-order chi connectivity index (χ1) is 12.0. The standard InChI is InChI=1S/C18H25N3O3S/c1-15-20-18(14-24-15)16-6-8-17(9-7-16)25(22,23)19-10-13-21-11-4-2-3-5-12-21/h6-9,14,19H,2-5,10-13H2,1H3. The van der Waals surface area contributed by atoms with Crippen LogP contribution in [0.4, 0.5) is 0 Å². The molecule has 0 radical (unpaired) electrons. The van der Waals surface area contributed by atoms with Crippen LogP contribution in [0.25, 0.3) is 11.3 Å². The number of oxazole rings is 1. The molecule has 1 aromatic heterocycles. The molecule has 0 atom stereocenters. The van der Waals surface area contributed by atoms with E-state index in [1.165, 1.54) is 25.7 Å². The van der Waals surface area contributed by atoms with E-state index < -0.39 is 10.0 Å². The van der Waals surface area contributed by atoms with Crippen LogP contribution in [0.3, 0.4) is 0 Å².